The number of fused-ring (bicyclic) bond motifs is 1. The third-order valence-electron chi connectivity index (χ3n) is 6.26. The van der Waals surface area contributed by atoms with E-state index in [0.29, 0.717) is 55.1 Å². The largest absolute Gasteiger partial charge is 0.418 e. The first kappa shape index (κ1) is 25.5. The van der Waals surface area contributed by atoms with E-state index in [4.69, 9.17) is 11.6 Å². The lowest BCUT2D eigenvalue weighted by molar-refractivity contribution is -0.137. The monoisotopic (exact) mass is 506 g/mol. The van der Waals surface area contributed by atoms with Gasteiger partial charge in [-0.05, 0) is 58.2 Å². The van der Waals surface area contributed by atoms with E-state index in [1.165, 1.54) is 6.07 Å². The molecule has 0 atom stereocenters. The van der Waals surface area contributed by atoms with E-state index in [1.807, 2.05) is 4.90 Å². The van der Waals surface area contributed by atoms with Crippen molar-refractivity contribution in [2.75, 3.05) is 43.4 Å². The highest BCUT2D eigenvalue weighted by Gasteiger charge is 2.36. The Morgan fingerprint density at radius 2 is 1.74 bits per heavy atom. The van der Waals surface area contributed by atoms with E-state index < -0.39 is 11.7 Å². The minimum absolute atomic E-state index is 0.0119. The topological polar surface area (TPSA) is 56.3 Å². The summed E-state index contributed by atoms with van der Waals surface area (Å²) in [4.78, 5) is 12.9. The molecule has 6 nitrogen and oxygen atoms in total. The minimum Gasteiger partial charge on any atom is -0.368 e. The molecule has 0 bridgehead atoms. The average Bonchev–Trinajstić information content (AvgIpc) is 2.80. The standard InChI is InChI=1S/C25H30ClF3N6/c1-24(2,3)35-11-9-34(10-12-35)20-7-5-17(13-18(20)25(27,28)29)32-22-16(14-30-4)15-31-19-6-8-21(26)33-23(19)22/h5-8,13,15,30H,9-12,14H2,1-4H3,(H,31,32). The Bertz CT molecular complexity index is 1200. The van der Waals surface area contributed by atoms with Crippen molar-refractivity contribution in [3.63, 3.8) is 0 Å². The lowest BCUT2D eigenvalue weighted by atomic mass is 10.0. The number of nitrogens with zero attached hydrogens (tertiary/aromatic N) is 4. The molecule has 0 aliphatic carbocycles. The molecule has 1 aromatic carbocycles. The van der Waals surface area contributed by atoms with Gasteiger partial charge in [-0.15, -0.1) is 0 Å². The second-order valence-corrected chi connectivity index (χ2v) is 10.1. The highest BCUT2D eigenvalue weighted by atomic mass is 35.5. The molecule has 1 saturated heterocycles. The van der Waals surface area contributed by atoms with Crippen molar-refractivity contribution < 1.29 is 13.2 Å². The summed E-state index contributed by atoms with van der Waals surface area (Å²) in [5, 5.41) is 6.51. The number of halogens is 4. The van der Waals surface area contributed by atoms with Crippen LogP contribution in [-0.4, -0.2) is 53.6 Å². The van der Waals surface area contributed by atoms with E-state index in [9.17, 15) is 13.2 Å². The molecule has 4 rings (SSSR count). The van der Waals surface area contributed by atoms with Gasteiger partial charge in [-0.25, -0.2) is 4.98 Å². The van der Waals surface area contributed by atoms with Gasteiger partial charge in [-0.2, -0.15) is 13.2 Å². The van der Waals surface area contributed by atoms with Crippen LogP contribution in [0.15, 0.2) is 36.5 Å². The van der Waals surface area contributed by atoms with Gasteiger partial charge in [0.1, 0.15) is 10.7 Å². The Labute approximate surface area is 208 Å². The maximum atomic E-state index is 14.2. The number of hydrogen-bond donors (Lipinski definition) is 2. The van der Waals surface area contributed by atoms with Crippen LogP contribution >= 0.6 is 11.6 Å². The molecule has 1 aliphatic heterocycles. The van der Waals surface area contributed by atoms with Gasteiger partial charge in [0.25, 0.3) is 0 Å². The Kier molecular flexibility index (Phi) is 7.13. The van der Waals surface area contributed by atoms with Crippen molar-refractivity contribution in [2.45, 2.75) is 39.0 Å². The van der Waals surface area contributed by atoms with E-state index in [-0.39, 0.29) is 16.4 Å². The van der Waals surface area contributed by atoms with Crippen molar-refractivity contribution in [1.29, 1.82) is 0 Å². The van der Waals surface area contributed by atoms with Crippen LogP contribution in [0.25, 0.3) is 11.0 Å². The number of alkyl halides is 3. The van der Waals surface area contributed by atoms with Crippen LogP contribution in [0.2, 0.25) is 5.15 Å². The predicted octanol–water partition coefficient (Wildman–Crippen LogP) is 5.69. The first-order chi connectivity index (χ1) is 16.5. The van der Waals surface area contributed by atoms with Gasteiger partial charge >= 0.3 is 6.18 Å². The number of benzene rings is 1. The smallest absolute Gasteiger partial charge is 0.368 e. The Morgan fingerprint density at radius 3 is 2.37 bits per heavy atom. The Hall–Kier alpha value is -2.62. The van der Waals surface area contributed by atoms with Crippen molar-refractivity contribution in [3.05, 3.63) is 52.8 Å². The maximum Gasteiger partial charge on any atom is 0.418 e. The summed E-state index contributed by atoms with van der Waals surface area (Å²) in [6.45, 7) is 9.33. The van der Waals surface area contributed by atoms with Gasteiger partial charge in [0.05, 0.1) is 16.8 Å². The molecule has 3 heterocycles. The first-order valence-corrected chi connectivity index (χ1v) is 11.9. The molecule has 10 heteroatoms. The van der Waals surface area contributed by atoms with Gasteiger partial charge in [0.15, 0.2) is 0 Å². The Morgan fingerprint density at radius 1 is 1.03 bits per heavy atom. The van der Waals surface area contributed by atoms with Crippen molar-refractivity contribution in [2.24, 2.45) is 0 Å². The highest BCUT2D eigenvalue weighted by Crippen LogP contribution is 2.40. The van der Waals surface area contributed by atoms with Crippen LogP contribution in [0.5, 0.6) is 0 Å². The molecule has 35 heavy (non-hydrogen) atoms. The van der Waals surface area contributed by atoms with Gasteiger partial charge in [0.2, 0.25) is 0 Å². The lowest BCUT2D eigenvalue weighted by Gasteiger charge is -2.43. The van der Waals surface area contributed by atoms with Crippen molar-refractivity contribution in [1.82, 2.24) is 20.2 Å². The van der Waals surface area contributed by atoms with Crippen molar-refractivity contribution in [3.8, 4) is 0 Å². The first-order valence-electron chi connectivity index (χ1n) is 11.5. The molecule has 0 amide bonds. The highest BCUT2D eigenvalue weighted by molar-refractivity contribution is 6.29. The zero-order chi connectivity index (χ0) is 25.4. The average molecular weight is 507 g/mol. The molecule has 0 unspecified atom stereocenters. The van der Waals surface area contributed by atoms with E-state index in [0.717, 1.165) is 5.56 Å². The summed E-state index contributed by atoms with van der Waals surface area (Å²) >= 11 is 6.11. The van der Waals surface area contributed by atoms with Crippen LogP contribution in [0.3, 0.4) is 0 Å². The molecule has 2 aromatic heterocycles. The molecule has 2 N–H and O–H groups in total. The van der Waals surface area contributed by atoms with Gasteiger partial charge in [-0.1, -0.05) is 11.6 Å². The number of nitrogens with one attached hydrogen (secondary N) is 2. The summed E-state index contributed by atoms with van der Waals surface area (Å²) in [6.07, 6.45) is -2.81. The van der Waals surface area contributed by atoms with Crippen molar-refractivity contribution >= 4 is 39.7 Å². The van der Waals surface area contributed by atoms with Crippen LogP contribution in [0.1, 0.15) is 31.9 Å². The van der Waals surface area contributed by atoms with Crippen LogP contribution in [0.4, 0.5) is 30.2 Å². The number of aromatic nitrogens is 2. The molecule has 0 saturated carbocycles. The van der Waals surface area contributed by atoms with Gasteiger partial charge in [-0.3, -0.25) is 9.88 Å². The van der Waals surface area contributed by atoms with Crippen LogP contribution in [0, 0.1) is 0 Å². The fraction of sp³-hybridized carbons (Fsp3) is 0.440. The number of pyridine rings is 2. The van der Waals surface area contributed by atoms with E-state index >= 15 is 0 Å². The number of anilines is 3. The molecule has 1 fully saturated rings. The summed E-state index contributed by atoms with van der Waals surface area (Å²) in [5.41, 5.74) is 2.29. The summed E-state index contributed by atoms with van der Waals surface area (Å²) < 4.78 is 42.5. The Balaban J connectivity index is 1.70. The fourth-order valence-corrected chi connectivity index (χ4v) is 4.57. The number of piperazine rings is 1. The molecule has 188 valence electrons. The third-order valence-corrected chi connectivity index (χ3v) is 6.48. The SMILES string of the molecule is CNCc1cnc2ccc(Cl)nc2c1Nc1ccc(N2CCN(C(C)(C)C)CC2)c(C(F)(F)F)c1. The second kappa shape index (κ2) is 9.79. The predicted molar refractivity (Wildman–Crippen MR) is 136 cm³/mol. The van der Waals surface area contributed by atoms with E-state index in [1.54, 1.807) is 37.5 Å². The third kappa shape index (κ3) is 5.63. The van der Waals surface area contributed by atoms with Gasteiger partial charge in [0, 0.05) is 61.4 Å². The van der Waals surface area contributed by atoms with E-state index in [2.05, 4.69) is 46.3 Å². The maximum absolute atomic E-state index is 14.2. The number of rotatable bonds is 5. The quantitative estimate of drug-likeness (QED) is 0.434. The lowest BCUT2D eigenvalue weighted by Crippen LogP contribution is -2.53. The zero-order valence-electron chi connectivity index (χ0n) is 20.3. The molecule has 0 spiro atoms. The molecule has 1 aliphatic rings. The zero-order valence-corrected chi connectivity index (χ0v) is 21.1. The fourth-order valence-electron chi connectivity index (χ4n) is 4.42. The second-order valence-electron chi connectivity index (χ2n) is 9.69. The summed E-state index contributed by atoms with van der Waals surface area (Å²) in [6, 6.07) is 7.78. The summed E-state index contributed by atoms with van der Waals surface area (Å²) in [7, 11) is 1.79. The normalized spacial score (nSPS) is 15.6. The minimum atomic E-state index is -4.50. The van der Waals surface area contributed by atoms with Crippen LogP contribution in [-0.2, 0) is 12.7 Å². The molecule has 0 radical (unpaired) electrons. The number of hydrogen-bond acceptors (Lipinski definition) is 6. The van der Waals surface area contributed by atoms with Crippen LogP contribution < -0.4 is 15.5 Å². The molecular weight excluding hydrogens is 477 g/mol. The molecule has 3 aromatic rings. The van der Waals surface area contributed by atoms with Gasteiger partial charge < -0.3 is 15.5 Å². The molecular formula is C25H30ClF3N6. The summed E-state index contributed by atoms with van der Waals surface area (Å²) in [5.74, 6) is 0.